The van der Waals surface area contributed by atoms with Crippen LogP contribution in [0, 0.1) is 0 Å². The number of nitrogens with zero attached hydrogens (tertiary/aromatic N) is 1. The van der Waals surface area contributed by atoms with Crippen LogP contribution in [0.25, 0.3) is 10.9 Å². The van der Waals surface area contributed by atoms with Crippen molar-refractivity contribution in [2.45, 2.75) is 0 Å². The molecule has 0 N–H and O–H groups in total. The molecule has 0 amide bonds. The predicted octanol–water partition coefficient (Wildman–Crippen LogP) is 1.16. The van der Waals surface area contributed by atoms with E-state index in [0.717, 1.165) is 21.4 Å². The Labute approximate surface area is 88.3 Å². The van der Waals surface area contributed by atoms with Gasteiger partial charge in [-0.1, -0.05) is 17.7 Å². The monoisotopic (exact) mass is 205 g/mol. The minimum Gasteiger partial charge on any atom is -0.481 e. The van der Waals surface area contributed by atoms with E-state index in [1.165, 1.54) is 0 Å². The molecule has 0 bridgehead atoms. The summed E-state index contributed by atoms with van der Waals surface area (Å²) in [5, 5.41) is 1.76. The molecule has 14 heavy (non-hydrogen) atoms. The van der Waals surface area contributed by atoms with Gasteiger partial charge in [-0.25, -0.2) is 4.98 Å². The molecule has 0 saturated heterocycles. The average Bonchev–Trinajstić information content (AvgIpc) is 2.16. The summed E-state index contributed by atoms with van der Waals surface area (Å²) in [6.45, 7) is 0. The molecule has 0 aliphatic carbocycles. The van der Waals surface area contributed by atoms with Gasteiger partial charge in [0.25, 0.3) is 0 Å². The van der Waals surface area contributed by atoms with Gasteiger partial charge in [0.2, 0.25) is 5.88 Å². The first-order chi connectivity index (χ1) is 6.70. The van der Waals surface area contributed by atoms with Crippen LogP contribution in [0.5, 0.6) is 5.88 Å². The smallest absolute Gasteiger partial charge is 0.206 e. The first-order valence-corrected chi connectivity index (χ1v) is 4.69. The zero-order valence-corrected chi connectivity index (χ0v) is 8.80. The third-order valence-corrected chi connectivity index (χ3v) is 2.35. The molecule has 1 aromatic carbocycles. The number of rotatable bonds is 1. The van der Waals surface area contributed by atoms with Crippen molar-refractivity contribution in [1.29, 1.82) is 0 Å². The molecule has 0 unspecified atom stereocenters. The molecule has 1 heterocycles. The highest BCUT2D eigenvalue weighted by molar-refractivity contribution is 6.35. The van der Waals surface area contributed by atoms with Crippen molar-refractivity contribution in [3.8, 4) is 5.88 Å². The van der Waals surface area contributed by atoms with Gasteiger partial charge in [0.05, 0.1) is 12.6 Å². The summed E-state index contributed by atoms with van der Waals surface area (Å²) in [5.41, 5.74) is 1.92. The van der Waals surface area contributed by atoms with E-state index in [9.17, 15) is 0 Å². The second-order valence-corrected chi connectivity index (χ2v) is 3.59. The Morgan fingerprint density at radius 1 is 1.36 bits per heavy atom. The summed E-state index contributed by atoms with van der Waals surface area (Å²) in [5.74, 6) is 0.667. The highest BCUT2D eigenvalue weighted by Crippen LogP contribution is 2.18. The van der Waals surface area contributed by atoms with Crippen LogP contribution in [0.3, 0.4) is 0 Å². The maximum Gasteiger partial charge on any atom is 0.206 e. The Kier molecular flexibility index (Phi) is 2.34. The van der Waals surface area contributed by atoms with E-state index >= 15 is 0 Å². The molecule has 0 aliphatic heterocycles. The Morgan fingerprint density at radius 2 is 2.14 bits per heavy atom. The molecule has 2 nitrogen and oxygen atoms in total. The number of benzene rings is 1. The Balaban J connectivity index is 2.73. The van der Waals surface area contributed by atoms with Crippen molar-refractivity contribution in [2.24, 2.45) is 0 Å². The summed E-state index contributed by atoms with van der Waals surface area (Å²) in [4.78, 5) is 4.35. The zero-order valence-electron chi connectivity index (χ0n) is 8.04. The summed E-state index contributed by atoms with van der Waals surface area (Å²) < 4.78 is 5.14. The molecule has 0 radical (unpaired) electrons. The van der Waals surface area contributed by atoms with E-state index in [1.54, 1.807) is 7.11 Å². The Hall–Kier alpha value is -1.22. The number of hydrogen-bond donors (Lipinski definition) is 0. The number of pyridine rings is 1. The summed E-state index contributed by atoms with van der Waals surface area (Å²) in [6.07, 6.45) is 0. The minimum absolute atomic E-state index is 0.667. The number of aromatic nitrogens is 1. The van der Waals surface area contributed by atoms with Crippen molar-refractivity contribution in [1.82, 2.24) is 4.98 Å². The van der Waals surface area contributed by atoms with Crippen molar-refractivity contribution in [3.05, 3.63) is 29.3 Å². The molecule has 0 aliphatic rings. The van der Waals surface area contributed by atoms with Gasteiger partial charge < -0.3 is 4.74 Å². The fourth-order valence-corrected chi connectivity index (χ4v) is 1.62. The molecule has 2 aromatic rings. The van der Waals surface area contributed by atoms with Crippen LogP contribution < -0.4 is 10.2 Å². The topological polar surface area (TPSA) is 22.1 Å². The van der Waals surface area contributed by atoms with Gasteiger partial charge in [-0.3, -0.25) is 0 Å². The van der Waals surface area contributed by atoms with Crippen LogP contribution in [-0.4, -0.2) is 19.9 Å². The fraction of sp³-hybridized carbons (Fsp3) is 0.100. The lowest BCUT2D eigenvalue weighted by atomic mass is 9.96. The van der Waals surface area contributed by atoms with Crippen LogP contribution in [0.2, 0.25) is 5.02 Å². The molecule has 0 atom stereocenters. The van der Waals surface area contributed by atoms with Gasteiger partial charge in [-0.05, 0) is 23.7 Å². The minimum atomic E-state index is 0.667. The quantitative estimate of drug-likeness (QED) is 0.652. The third kappa shape index (κ3) is 1.55. The van der Waals surface area contributed by atoms with Crippen molar-refractivity contribution in [2.75, 3.05) is 7.11 Å². The molecular formula is C10H9BClNO. The van der Waals surface area contributed by atoms with Crippen molar-refractivity contribution < 1.29 is 4.74 Å². The first kappa shape index (κ1) is 9.34. The highest BCUT2D eigenvalue weighted by Gasteiger charge is 2.02. The zero-order chi connectivity index (χ0) is 10.1. The lowest BCUT2D eigenvalue weighted by molar-refractivity contribution is 0.403. The van der Waals surface area contributed by atoms with E-state index in [2.05, 4.69) is 4.98 Å². The van der Waals surface area contributed by atoms with Crippen LogP contribution >= 0.6 is 11.6 Å². The normalized spacial score (nSPS) is 10.4. The maximum absolute atomic E-state index is 5.89. The molecule has 0 saturated carbocycles. The maximum atomic E-state index is 5.89. The van der Waals surface area contributed by atoms with Crippen LogP contribution in [0.4, 0.5) is 0 Å². The molecular weight excluding hydrogens is 196 g/mol. The van der Waals surface area contributed by atoms with E-state index in [1.807, 2.05) is 32.1 Å². The first-order valence-electron chi connectivity index (χ1n) is 4.31. The highest BCUT2D eigenvalue weighted by atomic mass is 35.5. The van der Waals surface area contributed by atoms with Crippen LogP contribution in [0.1, 0.15) is 0 Å². The fourth-order valence-electron chi connectivity index (χ4n) is 1.44. The molecule has 2 rings (SSSR count). The number of halogens is 1. The summed E-state index contributed by atoms with van der Waals surface area (Å²) >= 11 is 5.89. The van der Waals surface area contributed by atoms with E-state index in [-0.39, 0.29) is 0 Å². The number of fused-ring (bicyclic) bond motifs is 1. The largest absolute Gasteiger partial charge is 0.481 e. The number of methoxy groups -OCH3 is 1. The van der Waals surface area contributed by atoms with E-state index in [4.69, 9.17) is 16.3 Å². The predicted molar refractivity (Wildman–Crippen MR) is 61.5 cm³/mol. The molecule has 70 valence electrons. The lowest BCUT2D eigenvalue weighted by Gasteiger charge is -2.05. The molecule has 1 aromatic heterocycles. The average molecular weight is 205 g/mol. The SMILES string of the molecule is Bc1cc2cc(Cl)ccc2nc1OC. The van der Waals surface area contributed by atoms with Crippen molar-refractivity contribution >= 4 is 35.8 Å². The van der Waals surface area contributed by atoms with Gasteiger partial charge in [0, 0.05) is 10.4 Å². The van der Waals surface area contributed by atoms with Gasteiger partial charge >= 0.3 is 0 Å². The van der Waals surface area contributed by atoms with Gasteiger partial charge in [0.1, 0.15) is 7.85 Å². The molecule has 4 heteroatoms. The Morgan fingerprint density at radius 3 is 2.86 bits per heavy atom. The summed E-state index contributed by atoms with van der Waals surface area (Å²) in [6, 6.07) is 7.63. The third-order valence-electron chi connectivity index (χ3n) is 2.11. The second-order valence-electron chi connectivity index (χ2n) is 3.15. The number of hydrogen-bond acceptors (Lipinski definition) is 2. The Bertz CT molecular complexity index is 487. The summed E-state index contributed by atoms with van der Waals surface area (Å²) in [7, 11) is 3.59. The van der Waals surface area contributed by atoms with Crippen molar-refractivity contribution in [3.63, 3.8) is 0 Å². The van der Waals surface area contributed by atoms with Gasteiger partial charge in [-0.2, -0.15) is 0 Å². The molecule has 0 fully saturated rings. The second kappa shape index (κ2) is 3.50. The molecule has 0 spiro atoms. The van der Waals surface area contributed by atoms with Gasteiger partial charge in [0.15, 0.2) is 0 Å². The van der Waals surface area contributed by atoms with E-state index in [0.29, 0.717) is 5.88 Å². The lowest BCUT2D eigenvalue weighted by Crippen LogP contribution is -2.09. The number of ether oxygens (including phenoxy) is 1. The van der Waals surface area contributed by atoms with E-state index < -0.39 is 0 Å². The van der Waals surface area contributed by atoms with Gasteiger partial charge in [-0.15, -0.1) is 0 Å². The van der Waals surface area contributed by atoms with Crippen LogP contribution in [0.15, 0.2) is 24.3 Å². The standard InChI is InChI=1S/C10H9BClNO/c1-14-10-8(11)5-6-4-7(12)2-3-9(6)13-10/h2-5H,11H2,1H3. The van der Waals surface area contributed by atoms with Crippen LogP contribution in [-0.2, 0) is 0 Å².